The van der Waals surface area contributed by atoms with E-state index >= 15 is 0 Å². The highest BCUT2D eigenvalue weighted by Crippen LogP contribution is 2.38. The standard InChI is InChI=1S/C23H17NO6S/c25-18-10-15(11-19(26)21(18)27)13-24-22(28)20(31-23(24)29)12-14-6-8-17(9-7-14)30-16-4-2-1-3-5-16/h1-12,25-27H,13H2. The van der Waals surface area contributed by atoms with Crippen molar-refractivity contribution in [1.29, 1.82) is 0 Å². The summed E-state index contributed by atoms with van der Waals surface area (Å²) >= 11 is 0.807. The third kappa shape index (κ3) is 4.49. The van der Waals surface area contributed by atoms with E-state index in [1.54, 1.807) is 30.3 Å². The second-order valence-electron chi connectivity index (χ2n) is 6.73. The van der Waals surface area contributed by atoms with Gasteiger partial charge in [-0.15, -0.1) is 0 Å². The van der Waals surface area contributed by atoms with Gasteiger partial charge in [0.15, 0.2) is 17.2 Å². The summed E-state index contributed by atoms with van der Waals surface area (Å²) in [6.07, 6.45) is 1.61. The lowest BCUT2D eigenvalue weighted by molar-refractivity contribution is -0.123. The first-order chi connectivity index (χ1) is 14.9. The van der Waals surface area contributed by atoms with Gasteiger partial charge in [-0.2, -0.15) is 0 Å². The zero-order chi connectivity index (χ0) is 22.0. The predicted octanol–water partition coefficient (Wildman–Crippen LogP) is 4.83. The van der Waals surface area contributed by atoms with E-state index in [-0.39, 0.29) is 11.4 Å². The van der Waals surface area contributed by atoms with Crippen LogP contribution in [0.5, 0.6) is 28.7 Å². The molecule has 0 atom stereocenters. The minimum atomic E-state index is -0.655. The maximum Gasteiger partial charge on any atom is 0.293 e. The van der Waals surface area contributed by atoms with E-state index < -0.39 is 28.4 Å². The normalized spacial score (nSPS) is 15.0. The summed E-state index contributed by atoms with van der Waals surface area (Å²) in [5, 5.41) is 28.2. The monoisotopic (exact) mass is 435 g/mol. The smallest absolute Gasteiger partial charge is 0.293 e. The number of carbonyl (C=O) groups excluding carboxylic acids is 2. The molecule has 156 valence electrons. The quantitative estimate of drug-likeness (QED) is 0.389. The lowest BCUT2D eigenvalue weighted by Crippen LogP contribution is -2.27. The van der Waals surface area contributed by atoms with Crippen LogP contribution in [0, 0.1) is 0 Å². The Hall–Kier alpha value is -3.91. The lowest BCUT2D eigenvalue weighted by Gasteiger charge is -2.13. The summed E-state index contributed by atoms with van der Waals surface area (Å²) in [5.41, 5.74) is 1.03. The van der Waals surface area contributed by atoms with Gasteiger partial charge in [-0.05, 0) is 65.4 Å². The Balaban J connectivity index is 1.48. The van der Waals surface area contributed by atoms with Crippen molar-refractivity contribution < 1.29 is 29.6 Å². The van der Waals surface area contributed by atoms with E-state index in [0.717, 1.165) is 22.2 Å². The van der Waals surface area contributed by atoms with E-state index in [1.165, 1.54) is 12.1 Å². The highest BCUT2D eigenvalue weighted by molar-refractivity contribution is 8.18. The van der Waals surface area contributed by atoms with Crippen molar-refractivity contribution in [3.63, 3.8) is 0 Å². The van der Waals surface area contributed by atoms with Crippen molar-refractivity contribution in [2.24, 2.45) is 0 Å². The summed E-state index contributed by atoms with van der Waals surface area (Å²) in [5.74, 6) is -0.846. The number of amides is 2. The Morgan fingerprint density at radius 1 is 0.871 bits per heavy atom. The predicted molar refractivity (Wildman–Crippen MR) is 116 cm³/mol. The number of hydrogen-bond acceptors (Lipinski definition) is 7. The Kier molecular flexibility index (Phi) is 5.55. The number of imide groups is 1. The molecule has 8 heteroatoms. The summed E-state index contributed by atoms with van der Waals surface area (Å²) < 4.78 is 5.74. The van der Waals surface area contributed by atoms with E-state index in [2.05, 4.69) is 0 Å². The second kappa shape index (κ2) is 8.45. The molecular formula is C23H17NO6S. The second-order valence-corrected chi connectivity index (χ2v) is 7.73. The first-order valence-electron chi connectivity index (χ1n) is 9.23. The van der Waals surface area contributed by atoms with E-state index in [4.69, 9.17) is 4.74 Å². The number of hydrogen-bond donors (Lipinski definition) is 3. The molecule has 0 saturated carbocycles. The van der Waals surface area contributed by atoms with Crippen molar-refractivity contribution in [2.45, 2.75) is 6.54 Å². The summed E-state index contributed by atoms with van der Waals surface area (Å²) in [6.45, 7) is -0.146. The van der Waals surface area contributed by atoms with Crippen molar-refractivity contribution in [2.75, 3.05) is 0 Å². The SMILES string of the molecule is O=C1SC(=Cc2ccc(Oc3ccccc3)cc2)C(=O)N1Cc1cc(O)c(O)c(O)c1. The third-order valence-corrected chi connectivity index (χ3v) is 5.41. The molecule has 0 bridgehead atoms. The van der Waals surface area contributed by atoms with Crippen LogP contribution in [-0.4, -0.2) is 31.4 Å². The van der Waals surface area contributed by atoms with Crippen LogP contribution in [0.4, 0.5) is 4.79 Å². The molecule has 7 nitrogen and oxygen atoms in total. The van der Waals surface area contributed by atoms with E-state index in [0.29, 0.717) is 17.1 Å². The number of para-hydroxylation sites is 1. The number of thioether (sulfide) groups is 1. The molecule has 1 aliphatic rings. The number of benzene rings is 3. The maximum atomic E-state index is 12.7. The lowest BCUT2D eigenvalue weighted by atomic mass is 10.1. The molecule has 2 amide bonds. The van der Waals surface area contributed by atoms with Gasteiger partial charge >= 0.3 is 0 Å². The molecule has 0 unspecified atom stereocenters. The van der Waals surface area contributed by atoms with Gasteiger partial charge < -0.3 is 20.1 Å². The molecule has 3 N–H and O–H groups in total. The molecule has 0 radical (unpaired) electrons. The van der Waals surface area contributed by atoms with Gasteiger partial charge in [0.1, 0.15) is 11.5 Å². The van der Waals surface area contributed by atoms with E-state index in [9.17, 15) is 24.9 Å². The minimum Gasteiger partial charge on any atom is -0.504 e. The topological polar surface area (TPSA) is 107 Å². The molecule has 1 fully saturated rings. The van der Waals surface area contributed by atoms with Gasteiger partial charge in [0.2, 0.25) is 0 Å². The molecule has 1 aliphatic heterocycles. The van der Waals surface area contributed by atoms with Gasteiger partial charge in [0.25, 0.3) is 11.1 Å². The molecule has 0 aromatic heterocycles. The third-order valence-electron chi connectivity index (χ3n) is 4.50. The first-order valence-corrected chi connectivity index (χ1v) is 10.0. The Labute approximate surface area is 181 Å². The number of rotatable bonds is 5. The van der Waals surface area contributed by atoms with Crippen LogP contribution in [0.2, 0.25) is 0 Å². The van der Waals surface area contributed by atoms with Gasteiger partial charge in [-0.3, -0.25) is 14.5 Å². The number of phenolic OH excluding ortho intramolecular Hbond substituents is 3. The molecule has 3 aromatic carbocycles. The fourth-order valence-corrected chi connectivity index (χ4v) is 3.82. The molecule has 0 spiro atoms. The summed E-state index contributed by atoms with van der Waals surface area (Å²) in [4.78, 5) is 26.3. The summed E-state index contributed by atoms with van der Waals surface area (Å²) in [7, 11) is 0. The number of ether oxygens (including phenoxy) is 1. The van der Waals surface area contributed by atoms with Crippen molar-refractivity contribution in [3.05, 3.63) is 82.8 Å². The molecule has 0 aliphatic carbocycles. The average molecular weight is 435 g/mol. The number of nitrogens with zero attached hydrogens (tertiary/aromatic N) is 1. The van der Waals surface area contributed by atoms with E-state index in [1.807, 2.05) is 30.3 Å². The van der Waals surface area contributed by atoms with Crippen LogP contribution in [0.15, 0.2) is 71.6 Å². The highest BCUT2D eigenvalue weighted by Gasteiger charge is 2.35. The van der Waals surface area contributed by atoms with Crippen LogP contribution < -0.4 is 4.74 Å². The fourth-order valence-electron chi connectivity index (χ4n) is 2.98. The first kappa shape index (κ1) is 20.4. The van der Waals surface area contributed by atoms with Crippen LogP contribution in [-0.2, 0) is 11.3 Å². The van der Waals surface area contributed by atoms with Crippen molar-refractivity contribution >= 4 is 29.0 Å². The van der Waals surface area contributed by atoms with Crippen molar-refractivity contribution in [1.82, 2.24) is 4.90 Å². The van der Waals surface area contributed by atoms with Crippen LogP contribution in [0.25, 0.3) is 6.08 Å². The number of aromatic hydroxyl groups is 3. The molecule has 3 aromatic rings. The maximum absolute atomic E-state index is 12.7. The molecule has 1 saturated heterocycles. The molecule has 4 rings (SSSR count). The molecule has 31 heavy (non-hydrogen) atoms. The molecule has 1 heterocycles. The Bertz CT molecular complexity index is 1150. The Morgan fingerprint density at radius 2 is 1.48 bits per heavy atom. The van der Waals surface area contributed by atoms with Gasteiger partial charge in [-0.25, -0.2) is 0 Å². The van der Waals surface area contributed by atoms with Crippen LogP contribution >= 0.6 is 11.8 Å². The largest absolute Gasteiger partial charge is 0.504 e. The fraction of sp³-hybridized carbons (Fsp3) is 0.0435. The average Bonchev–Trinajstić information content (AvgIpc) is 3.01. The zero-order valence-corrected chi connectivity index (χ0v) is 16.9. The van der Waals surface area contributed by atoms with Gasteiger partial charge in [-0.1, -0.05) is 30.3 Å². The number of carbonyl (C=O) groups is 2. The zero-order valence-electron chi connectivity index (χ0n) is 16.1. The summed E-state index contributed by atoms with van der Waals surface area (Å²) in [6, 6.07) is 18.8. The van der Waals surface area contributed by atoms with Crippen LogP contribution in [0.3, 0.4) is 0 Å². The highest BCUT2D eigenvalue weighted by atomic mass is 32.2. The van der Waals surface area contributed by atoms with Gasteiger partial charge in [0.05, 0.1) is 11.4 Å². The van der Waals surface area contributed by atoms with Crippen molar-refractivity contribution in [3.8, 4) is 28.7 Å². The van der Waals surface area contributed by atoms with Crippen LogP contribution in [0.1, 0.15) is 11.1 Å². The minimum absolute atomic E-state index is 0.146. The molecular weight excluding hydrogens is 418 g/mol. The number of phenols is 3. The Morgan fingerprint density at radius 3 is 2.13 bits per heavy atom. The van der Waals surface area contributed by atoms with Gasteiger partial charge in [0, 0.05) is 0 Å².